The van der Waals surface area contributed by atoms with Crippen LogP contribution in [0.15, 0.2) is 0 Å². The maximum absolute atomic E-state index is 6.80. The number of hydrogen-bond acceptors (Lipinski definition) is 4. The molecule has 1 saturated heterocycles. The van der Waals surface area contributed by atoms with Crippen molar-refractivity contribution in [3.8, 4) is 0 Å². The standard InChI is InChI=1S/C20H44NO3PSi/c1-13-17-19(23-25(10)21(14(2)3)15(4)5)18(16(6)22-17)24-26(11,12)20(7,8)9/h14-19H,13H2,1-12H3/t16-,17+,18+,19?,25?/m0/s1. The fourth-order valence-electron chi connectivity index (χ4n) is 3.52. The average molecular weight is 406 g/mol. The van der Waals surface area contributed by atoms with Crippen molar-refractivity contribution in [1.29, 1.82) is 0 Å². The summed E-state index contributed by atoms with van der Waals surface area (Å²) in [6.07, 6.45) is 1.19. The fourth-order valence-corrected chi connectivity index (χ4v) is 6.90. The van der Waals surface area contributed by atoms with Gasteiger partial charge in [-0.1, -0.05) is 27.7 Å². The molecule has 4 nitrogen and oxygen atoms in total. The van der Waals surface area contributed by atoms with Gasteiger partial charge in [-0.3, -0.25) is 4.67 Å². The van der Waals surface area contributed by atoms with Gasteiger partial charge in [-0.25, -0.2) is 0 Å². The van der Waals surface area contributed by atoms with Gasteiger partial charge in [-0.15, -0.1) is 0 Å². The van der Waals surface area contributed by atoms with Crippen molar-refractivity contribution in [3.63, 3.8) is 0 Å². The summed E-state index contributed by atoms with van der Waals surface area (Å²) in [5.74, 6) is 0. The number of rotatable bonds is 8. The number of ether oxygens (including phenoxy) is 1. The summed E-state index contributed by atoms with van der Waals surface area (Å²) in [6, 6.07) is 0.927. The Bertz CT molecular complexity index is 431. The van der Waals surface area contributed by atoms with E-state index >= 15 is 0 Å². The molecule has 2 unspecified atom stereocenters. The first-order valence-corrected chi connectivity index (χ1v) is 14.8. The smallest absolute Gasteiger partial charge is 0.192 e. The minimum absolute atomic E-state index is 0.0141. The Morgan fingerprint density at radius 2 is 1.58 bits per heavy atom. The topological polar surface area (TPSA) is 30.9 Å². The molecule has 1 rings (SSSR count). The van der Waals surface area contributed by atoms with E-state index in [2.05, 4.69) is 86.7 Å². The van der Waals surface area contributed by atoms with Crippen molar-refractivity contribution in [2.45, 2.75) is 123 Å². The van der Waals surface area contributed by atoms with Crippen LogP contribution in [0.25, 0.3) is 0 Å². The van der Waals surface area contributed by atoms with E-state index in [1.165, 1.54) is 0 Å². The highest BCUT2D eigenvalue weighted by atomic mass is 31.2. The van der Waals surface area contributed by atoms with Crippen LogP contribution in [0.1, 0.15) is 68.7 Å². The van der Waals surface area contributed by atoms with E-state index in [4.69, 9.17) is 13.7 Å². The zero-order valence-electron chi connectivity index (χ0n) is 19.3. The Morgan fingerprint density at radius 3 is 1.96 bits per heavy atom. The van der Waals surface area contributed by atoms with Crippen molar-refractivity contribution in [3.05, 3.63) is 0 Å². The van der Waals surface area contributed by atoms with E-state index in [1.807, 2.05) is 0 Å². The summed E-state index contributed by atoms with van der Waals surface area (Å²) in [4.78, 5) is 0. The second kappa shape index (κ2) is 9.32. The molecule has 0 saturated carbocycles. The van der Waals surface area contributed by atoms with Crippen LogP contribution >= 0.6 is 8.30 Å². The van der Waals surface area contributed by atoms with Crippen molar-refractivity contribution in [1.82, 2.24) is 4.67 Å². The third-order valence-corrected chi connectivity index (χ3v) is 12.4. The zero-order chi connectivity index (χ0) is 20.4. The Labute approximate surface area is 165 Å². The molecule has 0 aromatic heterocycles. The van der Waals surface area contributed by atoms with Gasteiger partial charge in [0.2, 0.25) is 0 Å². The predicted molar refractivity (Wildman–Crippen MR) is 117 cm³/mol. The van der Waals surface area contributed by atoms with Crippen molar-refractivity contribution in [2.75, 3.05) is 6.66 Å². The van der Waals surface area contributed by atoms with Crippen LogP contribution < -0.4 is 0 Å². The Balaban J connectivity index is 3.02. The average Bonchev–Trinajstić information content (AvgIpc) is 2.73. The molecule has 0 aromatic carbocycles. The summed E-state index contributed by atoms with van der Waals surface area (Å²) in [6.45, 7) is 27.1. The van der Waals surface area contributed by atoms with Crippen LogP contribution in [0.5, 0.6) is 0 Å². The molecule has 0 spiro atoms. The molecule has 156 valence electrons. The molecule has 1 aliphatic heterocycles. The molecular weight excluding hydrogens is 361 g/mol. The Morgan fingerprint density at radius 1 is 1.08 bits per heavy atom. The predicted octanol–water partition coefficient (Wildman–Crippen LogP) is 6.02. The highest BCUT2D eigenvalue weighted by molar-refractivity contribution is 7.49. The molecule has 1 heterocycles. The minimum atomic E-state index is -1.88. The normalized spacial score (nSPS) is 29.2. The fraction of sp³-hybridized carbons (Fsp3) is 1.00. The van der Waals surface area contributed by atoms with Crippen LogP contribution in [-0.4, -0.2) is 56.2 Å². The molecule has 1 aliphatic rings. The van der Waals surface area contributed by atoms with Crippen LogP contribution in [0.4, 0.5) is 0 Å². The van der Waals surface area contributed by atoms with E-state index in [0.717, 1.165) is 6.42 Å². The molecule has 1 fully saturated rings. The first-order chi connectivity index (χ1) is 11.7. The number of hydrogen-bond donors (Lipinski definition) is 0. The number of nitrogens with zero attached hydrogens (tertiary/aromatic N) is 1. The molecule has 26 heavy (non-hydrogen) atoms. The summed E-state index contributed by atoms with van der Waals surface area (Å²) in [7, 11) is -2.58. The molecule has 0 amide bonds. The van der Waals surface area contributed by atoms with Gasteiger partial charge in [0, 0.05) is 12.1 Å². The lowest BCUT2D eigenvalue weighted by molar-refractivity contribution is 0.0197. The van der Waals surface area contributed by atoms with Crippen molar-refractivity contribution in [2.24, 2.45) is 0 Å². The highest BCUT2D eigenvalue weighted by Crippen LogP contribution is 2.47. The highest BCUT2D eigenvalue weighted by Gasteiger charge is 2.49. The Hall–Kier alpha value is 0.487. The quantitative estimate of drug-likeness (QED) is 0.365. The van der Waals surface area contributed by atoms with E-state index in [-0.39, 0.29) is 29.5 Å². The summed E-state index contributed by atoms with van der Waals surface area (Å²) in [5, 5.41) is 0.181. The van der Waals surface area contributed by atoms with Gasteiger partial charge in [0.15, 0.2) is 8.32 Å². The lowest BCUT2D eigenvalue weighted by Crippen LogP contribution is -2.49. The van der Waals surface area contributed by atoms with E-state index in [0.29, 0.717) is 12.1 Å². The second-order valence-electron chi connectivity index (χ2n) is 9.73. The third kappa shape index (κ3) is 5.75. The van der Waals surface area contributed by atoms with Crippen LogP contribution in [0, 0.1) is 0 Å². The first-order valence-electron chi connectivity index (χ1n) is 10.2. The van der Waals surface area contributed by atoms with Crippen molar-refractivity contribution >= 4 is 16.6 Å². The third-order valence-electron chi connectivity index (χ3n) is 5.84. The molecule has 0 aliphatic carbocycles. The SMILES string of the molecule is CC[C@H]1O[C@@H](C)[C@@H](O[Si](C)(C)C(C)(C)C)C1OP(C)N(C(C)C)C(C)C. The molecule has 6 heteroatoms. The summed E-state index contributed by atoms with van der Waals surface area (Å²) in [5.41, 5.74) is 0. The summed E-state index contributed by atoms with van der Waals surface area (Å²) >= 11 is 0. The van der Waals surface area contributed by atoms with Gasteiger partial charge in [0.1, 0.15) is 20.5 Å². The van der Waals surface area contributed by atoms with E-state index in [9.17, 15) is 0 Å². The van der Waals surface area contributed by atoms with Crippen LogP contribution in [0.3, 0.4) is 0 Å². The molecule has 0 N–H and O–H groups in total. The largest absolute Gasteiger partial charge is 0.409 e. The minimum Gasteiger partial charge on any atom is -0.409 e. The monoisotopic (exact) mass is 405 g/mol. The van der Waals surface area contributed by atoms with Crippen molar-refractivity contribution < 1.29 is 13.7 Å². The van der Waals surface area contributed by atoms with E-state index in [1.54, 1.807) is 0 Å². The lowest BCUT2D eigenvalue weighted by atomic mass is 10.1. The van der Waals surface area contributed by atoms with Gasteiger partial charge in [-0.2, -0.15) is 0 Å². The zero-order valence-corrected chi connectivity index (χ0v) is 21.2. The van der Waals surface area contributed by atoms with Gasteiger partial charge < -0.3 is 13.7 Å². The lowest BCUT2D eigenvalue weighted by Gasteiger charge is -2.42. The molecule has 0 bridgehead atoms. The maximum atomic E-state index is 6.80. The second-order valence-corrected chi connectivity index (χ2v) is 16.1. The maximum Gasteiger partial charge on any atom is 0.192 e. The van der Waals surface area contributed by atoms with Gasteiger partial charge in [-0.05, 0) is 65.8 Å². The Kier molecular flexibility index (Phi) is 8.79. The van der Waals surface area contributed by atoms with Gasteiger partial charge >= 0.3 is 0 Å². The molecule has 0 aromatic rings. The van der Waals surface area contributed by atoms with Crippen LogP contribution in [0.2, 0.25) is 18.1 Å². The molecular formula is C20H44NO3PSi. The first kappa shape index (κ1) is 24.5. The van der Waals surface area contributed by atoms with Gasteiger partial charge in [0.25, 0.3) is 0 Å². The van der Waals surface area contributed by atoms with Gasteiger partial charge in [0.05, 0.1) is 12.2 Å². The molecule has 0 radical (unpaired) electrons. The summed E-state index contributed by atoms with van der Waals surface area (Å²) < 4.78 is 22.2. The van der Waals surface area contributed by atoms with E-state index < -0.39 is 16.6 Å². The van der Waals surface area contributed by atoms with Crippen LogP contribution in [-0.2, 0) is 13.7 Å². The molecule has 5 atom stereocenters.